The van der Waals surface area contributed by atoms with Crippen molar-refractivity contribution in [2.75, 3.05) is 39.8 Å². The second kappa shape index (κ2) is 7.61. The van der Waals surface area contributed by atoms with E-state index in [9.17, 15) is 4.79 Å². The van der Waals surface area contributed by atoms with Crippen LogP contribution in [0.5, 0.6) is 0 Å². The van der Waals surface area contributed by atoms with Gasteiger partial charge in [0.15, 0.2) is 0 Å². The van der Waals surface area contributed by atoms with Crippen molar-refractivity contribution in [2.45, 2.75) is 30.7 Å². The van der Waals surface area contributed by atoms with Gasteiger partial charge in [0.25, 0.3) is 0 Å². The van der Waals surface area contributed by atoms with Crippen LogP contribution in [-0.2, 0) is 16.6 Å². The standard InChI is InChI=1S/C18H25N3O.2ClH/c1-20-8-10-21(11-9-20)17(22)13-19-16-12-18(16)7-6-14-4-2-3-5-15(14)18;;/h2-5,16,19H,6-13H2,1H3;2*1H. The molecular formula is C18H27Cl2N3O. The molecule has 1 N–H and O–H groups in total. The van der Waals surface area contributed by atoms with Crippen molar-refractivity contribution < 1.29 is 4.79 Å². The predicted octanol–water partition coefficient (Wildman–Crippen LogP) is 1.85. The van der Waals surface area contributed by atoms with E-state index in [1.165, 1.54) is 30.4 Å². The summed E-state index contributed by atoms with van der Waals surface area (Å²) in [5.41, 5.74) is 3.37. The minimum Gasteiger partial charge on any atom is -0.339 e. The Morgan fingerprint density at radius 2 is 1.92 bits per heavy atom. The molecule has 2 atom stereocenters. The largest absolute Gasteiger partial charge is 0.339 e. The molecule has 2 unspecified atom stereocenters. The van der Waals surface area contributed by atoms with Crippen molar-refractivity contribution in [1.82, 2.24) is 15.1 Å². The molecule has 1 spiro atoms. The van der Waals surface area contributed by atoms with Gasteiger partial charge in [0, 0.05) is 37.6 Å². The van der Waals surface area contributed by atoms with Crippen LogP contribution in [0, 0.1) is 0 Å². The molecule has 1 heterocycles. The van der Waals surface area contributed by atoms with Gasteiger partial charge in [0.05, 0.1) is 6.54 Å². The summed E-state index contributed by atoms with van der Waals surface area (Å²) in [5, 5.41) is 3.53. The van der Waals surface area contributed by atoms with Crippen LogP contribution in [0.25, 0.3) is 0 Å². The maximum absolute atomic E-state index is 12.3. The first-order chi connectivity index (χ1) is 10.7. The minimum absolute atomic E-state index is 0. The van der Waals surface area contributed by atoms with Gasteiger partial charge in [-0.25, -0.2) is 0 Å². The summed E-state index contributed by atoms with van der Waals surface area (Å²) >= 11 is 0. The monoisotopic (exact) mass is 371 g/mol. The Bertz CT molecular complexity index is 589. The van der Waals surface area contributed by atoms with Crippen molar-refractivity contribution in [2.24, 2.45) is 0 Å². The van der Waals surface area contributed by atoms with Crippen LogP contribution < -0.4 is 5.32 Å². The summed E-state index contributed by atoms with van der Waals surface area (Å²) in [6.07, 6.45) is 3.63. The van der Waals surface area contributed by atoms with Crippen molar-refractivity contribution in [1.29, 1.82) is 0 Å². The number of aryl methyl sites for hydroxylation is 1. The molecule has 1 aromatic carbocycles. The normalized spacial score (nSPS) is 28.0. The number of rotatable bonds is 3. The fraction of sp³-hybridized carbons (Fsp3) is 0.611. The first-order valence-electron chi connectivity index (χ1n) is 8.47. The quantitative estimate of drug-likeness (QED) is 0.880. The smallest absolute Gasteiger partial charge is 0.236 e. The Labute approximate surface area is 156 Å². The molecule has 2 fully saturated rings. The summed E-state index contributed by atoms with van der Waals surface area (Å²) in [6.45, 7) is 4.22. The molecule has 1 aromatic rings. The molecule has 24 heavy (non-hydrogen) atoms. The summed E-state index contributed by atoms with van der Waals surface area (Å²) in [5.74, 6) is 0.265. The number of piperazine rings is 1. The van der Waals surface area contributed by atoms with Crippen LogP contribution in [0.2, 0.25) is 0 Å². The highest BCUT2D eigenvalue weighted by Gasteiger charge is 2.57. The molecule has 1 amide bonds. The highest BCUT2D eigenvalue weighted by molar-refractivity contribution is 5.85. The first-order valence-corrected chi connectivity index (χ1v) is 8.47. The first kappa shape index (κ1) is 19.5. The summed E-state index contributed by atoms with van der Waals surface area (Å²) < 4.78 is 0. The van der Waals surface area contributed by atoms with Gasteiger partial charge in [0.2, 0.25) is 5.91 Å². The van der Waals surface area contributed by atoms with Crippen molar-refractivity contribution in [3.05, 3.63) is 35.4 Å². The molecular weight excluding hydrogens is 345 g/mol. The van der Waals surface area contributed by atoms with E-state index >= 15 is 0 Å². The molecule has 0 aromatic heterocycles. The number of carbonyl (C=O) groups excluding carboxylic acids is 1. The minimum atomic E-state index is 0. The van der Waals surface area contributed by atoms with Gasteiger partial charge in [-0.3, -0.25) is 4.79 Å². The zero-order chi connectivity index (χ0) is 15.2. The molecule has 2 aliphatic carbocycles. The Morgan fingerprint density at radius 3 is 2.67 bits per heavy atom. The Morgan fingerprint density at radius 1 is 1.21 bits per heavy atom. The van der Waals surface area contributed by atoms with Gasteiger partial charge >= 0.3 is 0 Å². The lowest BCUT2D eigenvalue weighted by Crippen LogP contribution is -2.50. The van der Waals surface area contributed by atoms with E-state index in [-0.39, 0.29) is 30.7 Å². The topological polar surface area (TPSA) is 35.6 Å². The van der Waals surface area contributed by atoms with Gasteiger partial charge in [-0.05, 0) is 37.4 Å². The lowest BCUT2D eigenvalue weighted by Gasteiger charge is -2.32. The van der Waals surface area contributed by atoms with Crippen molar-refractivity contribution in [3.8, 4) is 0 Å². The van der Waals surface area contributed by atoms with Gasteiger partial charge in [-0.2, -0.15) is 0 Å². The fourth-order valence-electron chi connectivity index (χ4n) is 4.24. The third kappa shape index (κ3) is 3.43. The molecule has 6 heteroatoms. The Kier molecular flexibility index (Phi) is 6.19. The second-order valence-corrected chi connectivity index (χ2v) is 7.13. The number of halogens is 2. The highest BCUT2D eigenvalue weighted by atomic mass is 35.5. The van der Waals surface area contributed by atoms with Crippen LogP contribution in [0.15, 0.2) is 24.3 Å². The van der Waals surface area contributed by atoms with E-state index in [1.807, 2.05) is 4.90 Å². The average Bonchev–Trinajstić information content (AvgIpc) is 3.13. The molecule has 0 bridgehead atoms. The van der Waals surface area contributed by atoms with Crippen LogP contribution in [0.1, 0.15) is 24.0 Å². The molecule has 1 saturated heterocycles. The number of carbonyl (C=O) groups is 1. The summed E-state index contributed by atoms with van der Waals surface area (Å²) in [6, 6.07) is 9.32. The van der Waals surface area contributed by atoms with E-state index in [2.05, 4.69) is 41.5 Å². The van der Waals surface area contributed by atoms with Crippen molar-refractivity contribution >= 4 is 30.7 Å². The second-order valence-electron chi connectivity index (χ2n) is 7.13. The lowest BCUT2D eigenvalue weighted by atomic mass is 9.97. The third-order valence-corrected chi connectivity index (χ3v) is 5.83. The number of hydrogen-bond donors (Lipinski definition) is 1. The Balaban J connectivity index is 0.00000104. The highest BCUT2D eigenvalue weighted by Crippen LogP contribution is 2.56. The summed E-state index contributed by atoms with van der Waals surface area (Å²) in [7, 11) is 2.12. The number of benzene rings is 1. The van der Waals surface area contributed by atoms with Crippen molar-refractivity contribution in [3.63, 3.8) is 0 Å². The Hall–Kier alpha value is -0.810. The van der Waals surface area contributed by atoms with E-state index in [0.717, 1.165) is 26.2 Å². The maximum atomic E-state index is 12.3. The van der Waals surface area contributed by atoms with Gasteiger partial charge in [-0.1, -0.05) is 24.3 Å². The van der Waals surface area contributed by atoms with Gasteiger partial charge < -0.3 is 15.1 Å². The van der Waals surface area contributed by atoms with E-state index in [0.29, 0.717) is 18.0 Å². The SMILES string of the molecule is CN1CCN(C(=O)CNC2CC23CCc2ccccc23)CC1.Cl.Cl. The average molecular weight is 372 g/mol. The predicted molar refractivity (Wildman–Crippen MR) is 101 cm³/mol. The summed E-state index contributed by atoms with van der Waals surface area (Å²) in [4.78, 5) is 16.6. The molecule has 1 aliphatic heterocycles. The van der Waals surface area contributed by atoms with E-state index in [4.69, 9.17) is 0 Å². The molecule has 134 valence electrons. The maximum Gasteiger partial charge on any atom is 0.236 e. The van der Waals surface area contributed by atoms with Crippen LogP contribution in [-0.4, -0.2) is 61.5 Å². The van der Waals surface area contributed by atoms with E-state index < -0.39 is 0 Å². The fourth-order valence-corrected chi connectivity index (χ4v) is 4.24. The third-order valence-electron chi connectivity index (χ3n) is 5.83. The number of hydrogen-bond acceptors (Lipinski definition) is 3. The molecule has 4 rings (SSSR count). The lowest BCUT2D eigenvalue weighted by molar-refractivity contribution is -0.131. The van der Waals surface area contributed by atoms with E-state index in [1.54, 1.807) is 0 Å². The number of fused-ring (bicyclic) bond motifs is 2. The van der Waals surface area contributed by atoms with Gasteiger partial charge in [0.1, 0.15) is 0 Å². The van der Waals surface area contributed by atoms with Crippen LogP contribution in [0.4, 0.5) is 0 Å². The molecule has 3 aliphatic rings. The number of likely N-dealkylation sites (N-methyl/N-ethyl adjacent to an activating group) is 1. The zero-order valence-corrected chi connectivity index (χ0v) is 15.8. The van der Waals surface area contributed by atoms with Gasteiger partial charge in [-0.15, -0.1) is 24.8 Å². The van der Waals surface area contributed by atoms with Crippen LogP contribution >= 0.6 is 24.8 Å². The molecule has 1 saturated carbocycles. The number of nitrogens with zero attached hydrogens (tertiary/aromatic N) is 2. The number of amides is 1. The van der Waals surface area contributed by atoms with Crippen LogP contribution in [0.3, 0.4) is 0 Å². The molecule has 0 radical (unpaired) electrons. The number of nitrogens with one attached hydrogen (secondary N) is 1. The zero-order valence-electron chi connectivity index (χ0n) is 14.2. The molecule has 4 nitrogen and oxygen atoms in total.